The number of aryl methyl sites for hydroxylation is 2. The van der Waals surface area contributed by atoms with Crippen LogP contribution in [0.25, 0.3) is 0 Å². The summed E-state index contributed by atoms with van der Waals surface area (Å²) in [6.45, 7) is 4.16. The molecule has 0 aromatic carbocycles. The van der Waals surface area contributed by atoms with Crippen molar-refractivity contribution in [3.8, 4) is 0 Å². The Morgan fingerprint density at radius 1 is 1.53 bits per heavy atom. The second kappa shape index (κ2) is 5.83. The smallest absolute Gasteiger partial charge is 0.357 e. The van der Waals surface area contributed by atoms with Crippen molar-refractivity contribution in [3.63, 3.8) is 0 Å². The first-order valence-corrected chi connectivity index (χ1v) is 6.94. The van der Waals surface area contributed by atoms with E-state index in [0.29, 0.717) is 17.4 Å². The number of ether oxygens (including phenoxy) is 1. The van der Waals surface area contributed by atoms with E-state index >= 15 is 0 Å². The van der Waals surface area contributed by atoms with Crippen LogP contribution in [-0.2, 0) is 18.2 Å². The summed E-state index contributed by atoms with van der Waals surface area (Å²) in [6, 6.07) is 0. The van der Waals surface area contributed by atoms with Crippen molar-refractivity contribution < 1.29 is 9.53 Å². The van der Waals surface area contributed by atoms with Gasteiger partial charge in [0, 0.05) is 18.6 Å². The Hall–Kier alpha value is -1.89. The molecule has 2 heterocycles. The van der Waals surface area contributed by atoms with Crippen LogP contribution in [0.4, 0.5) is 10.8 Å². The zero-order valence-electron chi connectivity index (χ0n) is 11.1. The van der Waals surface area contributed by atoms with Gasteiger partial charge in [-0.25, -0.2) is 9.78 Å². The van der Waals surface area contributed by atoms with Crippen molar-refractivity contribution in [2.24, 2.45) is 7.05 Å². The van der Waals surface area contributed by atoms with E-state index in [2.05, 4.69) is 15.4 Å². The van der Waals surface area contributed by atoms with Crippen LogP contribution in [0.1, 0.15) is 30.0 Å². The monoisotopic (exact) mass is 280 g/mol. The number of esters is 1. The van der Waals surface area contributed by atoms with Gasteiger partial charge in [0.1, 0.15) is 0 Å². The number of hydrogen-bond acceptors (Lipinski definition) is 6. The molecule has 0 atom stereocenters. The third-order valence-corrected chi connectivity index (χ3v) is 3.23. The molecule has 0 spiro atoms. The van der Waals surface area contributed by atoms with Gasteiger partial charge in [-0.2, -0.15) is 5.10 Å². The van der Waals surface area contributed by atoms with E-state index in [1.54, 1.807) is 17.0 Å². The van der Waals surface area contributed by atoms with Gasteiger partial charge in [0.05, 0.1) is 18.0 Å². The van der Waals surface area contributed by atoms with E-state index in [1.165, 1.54) is 11.3 Å². The van der Waals surface area contributed by atoms with Gasteiger partial charge in [0.2, 0.25) is 0 Å². The second-order valence-electron chi connectivity index (χ2n) is 3.90. The lowest BCUT2D eigenvalue weighted by Crippen LogP contribution is -2.05. The molecule has 19 heavy (non-hydrogen) atoms. The first-order valence-electron chi connectivity index (χ1n) is 6.06. The number of nitrogens with zero attached hydrogens (tertiary/aromatic N) is 3. The summed E-state index contributed by atoms with van der Waals surface area (Å²) in [5, 5.41) is 9.85. The Morgan fingerprint density at radius 3 is 3.00 bits per heavy atom. The fourth-order valence-electron chi connectivity index (χ4n) is 1.65. The van der Waals surface area contributed by atoms with Crippen LogP contribution in [0.2, 0.25) is 0 Å². The minimum Gasteiger partial charge on any atom is -0.461 e. The van der Waals surface area contributed by atoms with Crippen LogP contribution in [0.5, 0.6) is 0 Å². The van der Waals surface area contributed by atoms with E-state index in [0.717, 1.165) is 17.8 Å². The molecule has 102 valence electrons. The molecule has 0 radical (unpaired) electrons. The summed E-state index contributed by atoms with van der Waals surface area (Å²) in [7, 11) is 1.87. The van der Waals surface area contributed by atoms with E-state index in [1.807, 2.05) is 20.2 Å². The fourth-order valence-corrected chi connectivity index (χ4v) is 2.34. The van der Waals surface area contributed by atoms with Crippen molar-refractivity contribution in [2.45, 2.75) is 20.3 Å². The highest BCUT2D eigenvalue weighted by Crippen LogP contribution is 2.23. The molecule has 2 rings (SSSR count). The lowest BCUT2D eigenvalue weighted by Gasteiger charge is -2.00. The molecule has 0 amide bonds. The summed E-state index contributed by atoms with van der Waals surface area (Å²) in [5.41, 5.74) is 2.21. The lowest BCUT2D eigenvalue weighted by molar-refractivity contribution is 0.0520. The normalized spacial score (nSPS) is 10.5. The van der Waals surface area contributed by atoms with Gasteiger partial charge in [0.25, 0.3) is 0 Å². The number of nitrogens with one attached hydrogen (secondary N) is 1. The van der Waals surface area contributed by atoms with Gasteiger partial charge < -0.3 is 10.1 Å². The third kappa shape index (κ3) is 3.11. The molecule has 0 bridgehead atoms. The quantitative estimate of drug-likeness (QED) is 0.851. The van der Waals surface area contributed by atoms with Crippen LogP contribution < -0.4 is 5.32 Å². The van der Waals surface area contributed by atoms with E-state index in [9.17, 15) is 4.79 Å². The van der Waals surface area contributed by atoms with E-state index in [4.69, 9.17) is 4.74 Å². The largest absolute Gasteiger partial charge is 0.461 e. The van der Waals surface area contributed by atoms with Crippen molar-refractivity contribution in [3.05, 3.63) is 23.0 Å². The average molecular weight is 280 g/mol. The minimum absolute atomic E-state index is 0.330. The summed E-state index contributed by atoms with van der Waals surface area (Å²) < 4.78 is 6.65. The number of carbonyl (C=O) groups is 1. The maximum absolute atomic E-state index is 11.5. The summed E-state index contributed by atoms with van der Waals surface area (Å²) in [5.74, 6) is -0.395. The summed E-state index contributed by atoms with van der Waals surface area (Å²) >= 11 is 1.37. The van der Waals surface area contributed by atoms with Crippen molar-refractivity contribution in [1.82, 2.24) is 14.8 Å². The van der Waals surface area contributed by atoms with Gasteiger partial charge in [-0.1, -0.05) is 6.92 Å². The maximum Gasteiger partial charge on any atom is 0.357 e. The second-order valence-corrected chi connectivity index (χ2v) is 4.76. The van der Waals surface area contributed by atoms with Gasteiger partial charge in [-0.05, 0) is 13.3 Å². The van der Waals surface area contributed by atoms with Gasteiger partial charge in [0.15, 0.2) is 10.8 Å². The van der Waals surface area contributed by atoms with Crippen molar-refractivity contribution in [1.29, 1.82) is 0 Å². The van der Waals surface area contributed by atoms with Crippen LogP contribution in [0.15, 0.2) is 11.6 Å². The van der Waals surface area contributed by atoms with Gasteiger partial charge >= 0.3 is 5.97 Å². The minimum atomic E-state index is -0.395. The first-order chi connectivity index (χ1) is 9.13. The summed E-state index contributed by atoms with van der Waals surface area (Å²) in [4.78, 5) is 15.7. The highest BCUT2D eigenvalue weighted by molar-refractivity contribution is 7.14. The molecule has 0 aliphatic heterocycles. The average Bonchev–Trinajstić information content (AvgIpc) is 2.97. The molecule has 6 nitrogen and oxygen atoms in total. The number of hydrogen-bond donors (Lipinski definition) is 1. The summed E-state index contributed by atoms with van der Waals surface area (Å²) in [6.07, 6.45) is 2.73. The van der Waals surface area contributed by atoms with E-state index < -0.39 is 5.97 Å². The van der Waals surface area contributed by atoms with E-state index in [-0.39, 0.29) is 0 Å². The lowest BCUT2D eigenvalue weighted by atomic mass is 10.3. The molecule has 7 heteroatoms. The Morgan fingerprint density at radius 2 is 2.32 bits per heavy atom. The standard InChI is InChI=1S/C12H16N4O2S/c1-4-8-9(6-16(3)15-8)13-12-14-10(7-19-12)11(17)18-5-2/h6-7H,4-5H2,1-3H3,(H,13,14). The Kier molecular flexibility index (Phi) is 4.16. The maximum atomic E-state index is 11.5. The van der Waals surface area contributed by atoms with Crippen molar-refractivity contribution in [2.75, 3.05) is 11.9 Å². The molecular formula is C12H16N4O2S. The molecule has 0 saturated carbocycles. The Bertz CT molecular complexity index is 576. The van der Waals surface area contributed by atoms with Crippen LogP contribution in [0.3, 0.4) is 0 Å². The van der Waals surface area contributed by atoms with Crippen LogP contribution in [-0.4, -0.2) is 27.3 Å². The number of rotatable bonds is 5. The van der Waals surface area contributed by atoms with Gasteiger partial charge in [-0.3, -0.25) is 4.68 Å². The Balaban J connectivity index is 2.13. The molecule has 1 N–H and O–H groups in total. The zero-order valence-corrected chi connectivity index (χ0v) is 12.0. The molecule has 0 aliphatic rings. The number of aromatic nitrogens is 3. The molecule has 0 fully saturated rings. The number of anilines is 2. The predicted molar refractivity (Wildman–Crippen MR) is 73.9 cm³/mol. The third-order valence-electron chi connectivity index (χ3n) is 2.47. The first kappa shape index (κ1) is 13.5. The molecule has 2 aromatic heterocycles. The zero-order chi connectivity index (χ0) is 13.8. The van der Waals surface area contributed by atoms with Crippen LogP contribution >= 0.6 is 11.3 Å². The Labute approximate surface area is 115 Å². The molecule has 0 saturated heterocycles. The number of thiazole rings is 1. The van der Waals surface area contributed by atoms with Gasteiger partial charge in [-0.15, -0.1) is 11.3 Å². The van der Waals surface area contributed by atoms with Crippen molar-refractivity contribution >= 4 is 28.1 Å². The SMILES string of the molecule is CCOC(=O)c1csc(Nc2cn(C)nc2CC)n1. The molecular weight excluding hydrogens is 264 g/mol. The number of carbonyl (C=O) groups excluding carboxylic acids is 1. The fraction of sp³-hybridized carbons (Fsp3) is 0.417. The van der Waals surface area contributed by atoms with Crippen LogP contribution in [0, 0.1) is 0 Å². The predicted octanol–water partition coefficient (Wildman–Crippen LogP) is 2.36. The highest BCUT2D eigenvalue weighted by atomic mass is 32.1. The molecule has 0 aliphatic carbocycles. The topological polar surface area (TPSA) is 69.0 Å². The molecule has 0 unspecified atom stereocenters. The highest BCUT2D eigenvalue weighted by Gasteiger charge is 2.13. The molecule has 2 aromatic rings.